The normalized spacial score (nSPS) is 11.2. The highest BCUT2D eigenvalue weighted by Gasteiger charge is 2.12. The van der Waals surface area contributed by atoms with Gasteiger partial charge in [-0.05, 0) is 13.5 Å². The SMILES string of the molecule is CCOC(=O)CN(CC)Cc1cc(=O)n2ncsc2n1. The van der Waals surface area contributed by atoms with Gasteiger partial charge in [0.1, 0.15) is 5.51 Å². The van der Waals surface area contributed by atoms with E-state index in [1.807, 2.05) is 11.8 Å². The molecule has 0 aromatic carbocycles. The summed E-state index contributed by atoms with van der Waals surface area (Å²) in [5, 5.41) is 3.90. The van der Waals surface area contributed by atoms with E-state index in [9.17, 15) is 9.59 Å². The van der Waals surface area contributed by atoms with Gasteiger partial charge in [-0.15, -0.1) is 0 Å². The third-order valence-corrected chi connectivity index (χ3v) is 3.41. The summed E-state index contributed by atoms with van der Waals surface area (Å²) in [6.07, 6.45) is 0. The Hall–Kier alpha value is -1.80. The number of nitrogens with zero attached hydrogens (tertiary/aromatic N) is 4. The van der Waals surface area contributed by atoms with Crippen LogP contribution in [0.15, 0.2) is 16.4 Å². The lowest BCUT2D eigenvalue weighted by atomic mass is 10.3. The molecule has 0 bridgehead atoms. The van der Waals surface area contributed by atoms with Crippen molar-refractivity contribution in [3.05, 3.63) is 27.6 Å². The molecule has 108 valence electrons. The number of ether oxygens (including phenoxy) is 1. The van der Waals surface area contributed by atoms with Crippen molar-refractivity contribution >= 4 is 22.3 Å². The standard InChI is InChI=1S/C12H16N4O3S/c1-3-15(7-11(18)19-4-2)6-9-5-10(17)16-12(14-9)20-8-13-16/h5,8H,3-4,6-7H2,1-2H3. The Kier molecular flexibility index (Phi) is 4.80. The Morgan fingerprint density at radius 1 is 1.50 bits per heavy atom. The van der Waals surface area contributed by atoms with Gasteiger partial charge in [0.05, 0.1) is 18.8 Å². The maximum Gasteiger partial charge on any atom is 0.320 e. The molecule has 8 heteroatoms. The Morgan fingerprint density at radius 3 is 3.00 bits per heavy atom. The van der Waals surface area contributed by atoms with E-state index in [0.29, 0.717) is 30.4 Å². The molecule has 0 aliphatic heterocycles. The summed E-state index contributed by atoms with van der Waals surface area (Å²) in [7, 11) is 0. The summed E-state index contributed by atoms with van der Waals surface area (Å²) in [4.78, 5) is 30.1. The Morgan fingerprint density at radius 2 is 2.30 bits per heavy atom. The maximum atomic E-state index is 11.8. The minimum atomic E-state index is -0.273. The van der Waals surface area contributed by atoms with Crippen LogP contribution in [0.2, 0.25) is 0 Å². The molecular weight excluding hydrogens is 280 g/mol. The number of carbonyl (C=O) groups is 1. The predicted octanol–water partition coefficient (Wildman–Crippen LogP) is 0.536. The number of fused-ring (bicyclic) bond motifs is 1. The topological polar surface area (TPSA) is 76.8 Å². The van der Waals surface area contributed by atoms with Crippen LogP contribution in [-0.2, 0) is 16.1 Å². The second-order valence-electron chi connectivity index (χ2n) is 4.13. The first-order valence-corrected chi connectivity index (χ1v) is 7.22. The number of carbonyl (C=O) groups excluding carboxylic acids is 1. The molecule has 0 spiro atoms. The molecule has 2 aromatic rings. The number of likely N-dealkylation sites (N-methyl/N-ethyl adjacent to an activating group) is 1. The van der Waals surface area contributed by atoms with Crippen molar-refractivity contribution in [2.45, 2.75) is 20.4 Å². The van der Waals surface area contributed by atoms with E-state index in [1.165, 1.54) is 21.9 Å². The van der Waals surface area contributed by atoms with Crippen molar-refractivity contribution in [1.29, 1.82) is 0 Å². The fraction of sp³-hybridized carbons (Fsp3) is 0.500. The van der Waals surface area contributed by atoms with Crippen molar-refractivity contribution in [3.63, 3.8) is 0 Å². The third-order valence-electron chi connectivity index (χ3n) is 2.73. The first kappa shape index (κ1) is 14.6. The third kappa shape index (κ3) is 3.40. The highest BCUT2D eigenvalue weighted by Crippen LogP contribution is 2.06. The summed E-state index contributed by atoms with van der Waals surface area (Å²) in [6, 6.07) is 1.44. The van der Waals surface area contributed by atoms with Gasteiger partial charge in [-0.25, -0.2) is 4.98 Å². The van der Waals surface area contributed by atoms with E-state index < -0.39 is 0 Å². The molecule has 0 fully saturated rings. The van der Waals surface area contributed by atoms with Crippen molar-refractivity contribution in [3.8, 4) is 0 Å². The number of aromatic nitrogens is 3. The number of rotatable bonds is 6. The second kappa shape index (κ2) is 6.58. The molecule has 0 amide bonds. The van der Waals surface area contributed by atoms with Gasteiger partial charge in [-0.3, -0.25) is 14.5 Å². The van der Waals surface area contributed by atoms with Crippen LogP contribution in [0.25, 0.3) is 4.96 Å². The van der Waals surface area contributed by atoms with Crippen LogP contribution in [0.3, 0.4) is 0 Å². The van der Waals surface area contributed by atoms with Crippen LogP contribution in [-0.4, -0.2) is 45.2 Å². The lowest BCUT2D eigenvalue weighted by molar-refractivity contribution is -0.144. The number of hydrogen-bond donors (Lipinski definition) is 0. The molecule has 0 saturated carbocycles. The van der Waals surface area contributed by atoms with Crippen LogP contribution in [0.4, 0.5) is 0 Å². The summed E-state index contributed by atoms with van der Waals surface area (Å²) in [6.45, 7) is 5.37. The molecule has 0 aliphatic carbocycles. The summed E-state index contributed by atoms with van der Waals surface area (Å²) in [5.41, 5.74) is 1.99. The van der Waals surface area contributed by atoms with Crippen LogP contribution in [0.1, 0.15) is 19.5 Å². The average molecular weight is 296 g/mol. The van der Waals surface area contributed by atoms with Crippen molar-refractivity contribution < 1.29 is 9.53 Å². The monoisotopic (exact) mass is 296 g/mol. The molecule has 2 aromatic heterocycles. The van der Waals surface area contributed by atoms with Crippen LogP contribution in [0, 0.1) is 0 Å². The summed E-state index contributed by atoms with van der Waals surface area (Å²) >= 11 is 1.30. The quantitative estimate of drug-likeness (QED) is 0.724. The van der Waals surface area contributed by atoms with Crippen molar-refractivity contribution in [1.82, 2.24) is 19.5 Å². The highest BCUT2D eigenvalue weighted by molar-refractivity contribution is 7.14. The van der Waals surface area contributed by atoms with E-state index >= 15 is 0 Å². The van der Waals surface area contributed by atoms with Crippen molar-refractivity contribution in [2.24, 2.45) is 0 Å². The zero-order chi connectivity index (χ0) is 14.5. The van der Waals surface area contributed by atoms with E-state index in [1.54, 1.807) is 12.4 Å². The largest absolute Gasteiger partial charge is 0.465 e. The van der Waals surface area contributed by atoms with E-state index in [2.05, 4.69) is 10.1 Å². The van der Waals surface area contributed by atoms with Gasteiger partial charge in [0.15, 0.2) is 0 Å². The van der Waals surface area contributed by atoms with Gasteiger partial charge < -0.3 is 4.74 Å². The molecule has 0 unspecified atom stereocenters. The highest BCUT2D eigenvalue weighted by atomic mass is 32.1. The van der Waals surface area contributed by atoms with Gasteiger partial charge >= 0.3 is 5.97 Å². The van der Waals surface area contributed by atoms with Crippen LogP contribution >= 0.6 is 11.3 Å². The molecule has 0 radical (unpaired) electrons. The van der Waals surface area contributed by atoms with Gasteiger partial charge in [-0.2, -0.15) is 9.61 Å². The fourth-order valence-electron chi connectivity index (χ4n) is 1.78. The maximum absolute atomic E-state index is 11.8. The average Bonchev–Trinajstić information content (AvgIpc) is 2.87. The van der Waals surface area contributed by atoms with E-state index in [0.717, 1.165) is 0 Å². The lowest BCUT2D eigenvalue weighted by Gasteiger charge is -2.18. The zero-order valence-electron chi connectivity index (χ0n) is 11.4. The molecule has 0 saturated heterocycles. The molecule has 20 heavy (non-hydrogen) atoms. The zero-order valence-corrected chi connectivity index (χ0v) is 12.2. The Bertz CT molecular complexity index is 651. The number of hydrogen-bond acceptors (Lipinski definition) is 7. The van der Waals surface area contributed by atoms with Gasteiger partial charge in [-0.1, -0.05) is 18.3 Å². The van der Waals surface area contributed by atoms with Crippen LogP contribution in [0.5, 0.6) is 0 Å². The minimum absolute atomic E-state index is 0.189. The molecular formula is C12H16N4O3S. The first-order valence-electron chi connectivity index (χ1n) is 6.34. The van der Waals surface area contributed by atoms with Gasteiger partial charge in [0.2, 0.25) is 4.96 Å². The molecule has 0 atom stereocenters. The molecule has 2 rings (SSSR count). The minimum Gasteiger partial charge on any atom is -0.465 e. The van der Waals surface area contributed by atoms with E-state index in [4.69, 9.17) is 4.74 Å². The first-order chi connectivity index (χ1) is 9.63. The van der Waals surface area contributed by atoms with Gasteiger partial charge in [0.25, 0.3) is 5.56 Å². The predicted molar refractivity (Wildman–Crippen MR) is 74.7 cm³/mol. The molecule has 0 N–H and O–H groups in total. The Balaban J connectivity index is 2.12. The molecule has 7 nitrogen and oxygen atoms in total. The fourth-order valence-corrected chi connectivity index (χ4v) is 2.42. The second-order valence-corrected chi connectivity index (χ2v) is 4.94. The number of esters is 1. The lowest BCUT2D eigenvalue weighted by Crippen LogP contribution is -2.31. The van der Waals surface area contributed by atoms with Crippen LogP contribution < -0.4 is 5.56 Å². The summed E-state index contributed by atoms with van der Waals surface area (Å²) < 4.78 is 6.18. The molecule has 2 heterocycles. The molecule has 0 aliphatic rings. The summed E-state index contributed by atoms with van der Waals surface area (Å²) in [5.74, 6) is -0.273. The van der Waals surface area contributed by atoms with Crippen molar-refractivity contribution in [2.75, 3.05) is 19.7 Å². The van der Waals surface area contributed by atoms with Gasteiger partial charge in [0, 0.05) is 12.6 Å². The smallest absolute Gasteiger partial charge is 0.320 e. The Labute approximate surface area is 119 Å². The van der Waals surface area contributed by atoms with E-state index in [-0.39, 0.29) is 18.1 Å².